The van der Waals surface area contributed by atoms with E-state index in [0.29, 0.717) is 5.56 Å². The van der Waals surface area contributed by atoms with Crippen molar-refractivity contribution in [3.63, 3.8) is 0 Å². The van der Waals surface area contributed by atoms with Crippen LogP contribution in [0.4, 0.5) is 4.39 Å². The first-order chi connectivity index (χ1) is 7.65. The topological polar surface area (TPSA) is 81.8 Å². The van der Waals surface area contributed by atoms with E-state index >= 15 is 0 Å². The molecule has 0 radical (unpaired) electrons. The highest BCUT2D eigenvalue weighted by Gasteiger charge is 2.29. The third-order valence-electron chi connectivity index (χ3n) is 2.41. The molecule has 0 amide bonds. The fourth-order valence-electron chi connectivity index (χ4n) is 1.62. The molecule has 2 rings (SSSR count). The Kier molecular flexibility index (Phi) is 2.66. The molecule has 1 aromatic carbocycles. The fourth-order valence-corrected chi connectivity index (χ4v) is 1.62. The standard InChI is InChI=1S/C10H10FNO4/c11-7-2-1-5(6(3-12)10(13)14)8-9(7)16-4-15-8/h1-2,6H,3-4,12H2,(H,13,14). The molecule has 0 saturated heterocycles. The zero-order valence-corrected chi connectivity index (χ0v) is 8.27. The lowest BCUT2D eigenvalue weighted by molar-refractivity contribution is -0.138. The molecule has 3 N–H and O–H groups in total. The van der Waals surface area contributed by atoms with Crippen LogP contribution in [0.5, 0.6) is 11.5 Å². The highest BCUT2D eigenvalue weighted by atomic mass is 19.1. The first-order valence-electron chi connectivity index (χ1n) is 4.66. The van der Waals surface area contributed by atoms with Crippen molar-refractivity contribution in [2.45, 2.75) is 5.92 Å². The number of fused-ring (bicyclic) bond motifs is 1. The van der Waals surface area contributed by atoms with E-state index in [2.05, 4.69) is 0 Å². The van der Waals surface area contributed by atoms with Crippen molar-refractivity contribution in [3.05, 3.63) is 23.5 Å². The highest BCUT2D eigenvalue weighted by Crippen LogP contribution is 2.41. The van der Waals surface area contributed by atoms with Gasteiger partial charge in [0.2, 0.25) is 12.5 Å². The zero-order valence-electron chi connectivity index (χ0n) is 8.27. The Morgan fingerprint density at radius 2 is 2.19 bits per heavy atom. The maximum atomic E-state index is 13.3. The van der Waals surface area contributed by atoms with Crippen molar-refractivity contribution in [3.8, 4) is 11.5 Å². The second kappa shape index (κ2) is 3.97. The number of hydrogen-bond acceptors (Lipinski definition) is 4. The van der Waals surface area contributed by atoms with Gasteiger partial charge in [-0.3, -0.25) is 4.79 Å². The van der Waals surface area contributed by atoms with Gasteiger partial charge < -0.3 is 20.3 Å². The first kappa shape index (κ1) is 10.7. The number of ether oxygens (including phenoxy) is 2. The van der Waals surface area contributed by atoms with Crippen molar-refractivity contribution in [1.82, 2.24) is 0 Å². The van der Waals surface area contributed by atoms with Gasteiger partial charge in [0, 0.05) is 12.1 Å². The summed E-state index contributed by atoms with van der Waals surface area (Å²) in [5.74, 6) is -2.48. The minimum absolute atomic E-state index is 0.0443. The molecule has 0 bridgehead atoms. The molecule has 1 heterocycles. The van der Waals surface area contributed by atoms with Crippen molar-refractivity contribution in [1.29, 1.82) is 0 Å². The maximum Gasteiger partial charge on any atom is 0.312 e. The molecule has 16 heavy (non-hydrogen) atoms. The van der Waals surface area contributed by atoms with E-state index in [1.807, 2.05) is 0 Å². The number of carboxylic acid groups (broad SMARTS) is 1. The SMILES string of the molecule is NCC(C(=O)O)c1ccc(F)c2c1OCO2. The molecule has 5 nitrogen and oxygen atoms in total. The van der Waals surface area contributed by atoms with Crippen LogP contribution < -0.4 is 15.2 Å². The Labute approximate surface area is 90.6 Å². The average molecular weight is 227 g/mol. The third-order valence-corrected chi connectivity index (χ3v) is 2.41. The van der Waals surface area contributed by atoms with Crippen LogP contribution in [0, 0.1) is 5.82 Å². The van der Waals surface area contributed by atoms with Gasteiger partial charge in [-0.25, -0.2) is 4.39 Å². The minimum atomic E-state index is -1.08. The van der Waals surface area contributed by atoms with Gasteiger partial charge in [0.05, 0.1) is 5.92 Å². The summed E-state index contributed by atoms with van der Waals surface area (Å²) in [4.78, 5) is 10.9. The quantitative estimate of drug-likeness (QED) is 0.793. The van der Waals surface area contributed by atoms with E-state index < -0.39 is 17.7 Å². The van der Waals surface area contributed by atoms with Crippen LogP contribution in [0.2, 0.25) is 0 Å². The smallest absolute Gasteiger partial charge is 0.312 e. The maximum absolute atomic E-state index is 13.3. The van der Waals surface area contributed by atoms with E-state index in [4.69, 9.17) is 20.3 Å². The van der Waals surface area contributed by atoms with Crippen LogP contribution in [0.15, 0.2) is 12.1 Å². The van der Waals surface area contributed by atoms with Gasteiger partial charge in [0.15, 0.2) is 11.6 Å². The van der Waals surface area contributed by atoms with Gasteiger partial charge in [-0.15, -0.1) is 0 Å². The monoisotopic (exact) mass is 227 g/mol. The molecule has 1 aliphatic rings. The summed E-state index contributed by atoms with van der Waals surface area (Å²) in [7, 11) is 0. The molecular weight excluding hydrogens is 217 g/mol. The van der Waals surface area contributed by atoms with Crippen LogP contribution in [0.3, 0.4) is 0 Å². The lowest BCUT2D eigenvalue weighted by atomic mass is 9.98. The Hall–Kier alpha value is -1.82. The van der Waals surface area contributed by atoms with Crippen LogP contribution in [-0.2, 0) is 4.79 Å². The van der Waals surface area contributed by atoms with Gasteiger partial charge in [0.25, 0.3) is 0 Å². The molecule has 1 atom stereocenters. The molecule has 0 fully saturated rings. The normalized spacial score (nSPS) is 14.9. The molecule has 0 aliphatic carbocycles. The number of aliphatic carboxylic acids is 1. The van der Waals surface area contributed by atoms with E-state index in [1.165, 1.54) is 6.07 Å². The second-order valence-corrected chi connectivity index (χ2v) is 3.33. The molecule has 86 valence electrons. The molecular formula is C10H10FNO4. The molecule has 0 spiro atoms. The van der Waals surface area contributed by atoms with Crippen LogP contribution >= 0.6 is 0 Å². The van der Waals surface area contributed by atoms with E-state index in [0.717, 1.165) is 6.07 Å². The van der Waals surface area contributed by atoms with Crippen LogP contribution in [0.1, 0.15) is 11.5 Å². The Balaban J connectivity index is 2.50. The number of nitrogens with two attached hydrogens (primary N) is 1. The third kappa shape index (κ3) is 1.57. The van der Waals surface area contributed by atoms with Gasteiger partial charge in [0.1, 0.15) is 0 Å². The molecule has 1 aliphatic heterocycles. The zero-order chi connectivity index (χ0) is 11.7. The molecule has 1 unspecified atom stereocenters. The molecule has 6 heteroatoms. The fraction of sp³-hybridized carbons (Fsp3) is 0.300. The summed E-state index contributed by atoms with van der Waals surface area (Å²) in [5.41, 5.74) is 5.70. The summed E-state index contributed by atoms with van der Waals surface area (Å²) in [6.07, 6.45) is 0. The number of halogens is 1. The Morgan fingerprint density at radius 3 is 2.81 bits per heavy atom. The number of hydrogen-bond donors (Lipinski definition) is 2. The number of rotatable bonds is 3. The van der Waals surface area contributed by atoms with Crippen molar-refractivity contribution >= 4 is 5.97 Å². The average Bonchev–Trinajstić information content (AvgIpc) is 2.71. The van der Waals surface area contributed by atoms with Gasteiger partial charge in [-0.05, 0) is 6.07 Å². The summed E-state index contributed by atoms with van der Waals surface area (Å²) in [6, 6.07) is 2.50. The highest BCUT2D eigenvalue weighted by molar-refractivity contribution is 5.78. The second-order valence-electron chi connectivity index (χ2n) is 3.33. The van der Waals surface area contributed by atoms with Gasteiger partial charge in [-0.1, -0.05) is 6.07 Å². The summed E-state index contributed by atoms with van der Waals surface area (Å²) < 4.78 is 23.2. The Bertz CT molecular complexity index is 435. The van der Waals surface area contributed by atoms with Crippen LogP contribution in [-0.4, -0.2) is 24.4 Å². The molecule has 1 aromatic rings. The summed E-state index contributed by atoms with van der Waals surface area (Å²) in [6.45, 7) is -0.197. The largest absolute Gasteiger partial charge is 0.481 e. The number of carbonyl (C=O) groups is 1. The van der Waals surface area contributed by atoms with Crippen molar-refractivity contribution in [2.75, 3.05) is 13.3 Å². The predicted octanol–water partition coefficient (Wildman–Crippen LogP) is 0.681. The Morgan fingerprint density at radius 1 is 1.50 bits per heavy atom. The summed E-state index contributed by atoms with van der Waals surface area (Å²) >= 11 is 0. The van der Waals surface area contributed by atoms with Crippen LogP contribution in [0.25, 0.3) is 0 Å². The molecule has 0 saturated carbocycles. The van der Waals surface area contributed by atoms with E-state index in [1.54, 1.807) is 0 Å². The minimum Gasteiger partial charge on any atom is -0.481 e. The molecule has 0 aromatic heterocycles. The number of carboxylic acids is 1. The van der Waals surface area contributed by atoms with Crippen molar-refractivity contribution in [2.24, 2.45) is 5.73 Å². The first-order valence-corrected chi connectivity index (χ1v) is 4.66. The predicted molar refractivity (Wildman–Crippen MR) is 52.0 cm³/mol. The lowest BCUT2D eigenvalue weighted by Crippen LogP contribution is -2.21. The van der Waals surface area contributed by atoms with E-state index in [9.17, 15) is 9.18 Å². The summed E-state index contributed by atoms with van der Waals surface area (Å²) in [5, 5.41) is 8.96. The van der Waals surface area contributed by atoms with E-state index in [-0.39, 0.29) is 24.8 Å². The van der Waals surface area contributed by atoms with Gasteiger partial charge >= 0.3 is 5.97 Å². The van der Waals surface area contributed by atoms with Gasteiger partial charge in [-0.2, -0.15) is 0 Å². The number of benzene rings is 1. The van der Waals surface area contributed by atoms with Crippen molar-refractivity contribution < 1.29 is 23.8 Å². The lowest BCUT2D eigenvalue weighted by Gasteiger charge is -2.12.